The van der Waals surface area contributed by atoms with Crippen LogP contribution in [0.25, 0.3) is 0 Å². The number of hydrogen-bond donors (Lipinski definition) is 2. The summed E-state index contributed by atoms with van der Waals surface area (Å²) in [6, 6.07) is 6.42. The Balaban J connectivity index is 2.45. The van der Waals surface area contributed by atoms with E-state index in [4.69, 9.17) is 4.74 Å². The van der Waals surface area contributed by atoms with Crippen molar-refractivity contribution in [1.82, 2.24) is 10.6 Å². The van der Waals surface area contributed by atoms with Crippen LogP contribution in [-0.2, 0) is 11.3 Å². The molecule has 0 saturated carbocycles. The predicted octanol–water partition coefficient (Wildman–Crippen LogP) is 3.36. The first-order chi connectivity index (χ1) is 12.3. The van der Waals surface area contributed by atoms with Crippen molar-refractivity contribution in [3.8, 4) is 5.75 Å². The molecule has 0 aliphatic carbocycles. The highest BCUT2D eigenvalue weighted by Gasteiger charge is 2.28. The van der Waals surface area contributed by atoms with Crippen LogP contribution in [-0.4, -0.2) is 45.0 Å². The molecule has 0 atom stereocenters. The second kappa shape index (κ2) is 11.6. The topological polar surface area (TPSA) is 54.9 Å². The molecule has 26 heavy (non-hydrogen) atoms. The van der Waals surface area contributed by atoms with E-state index in [1.54, 1.807) is 12.1 Å². The fraction of sp³-hybridized carbons (Fsp3) is 0.611. The number of ether oxygens (including phenoxy) is 2. The maximum Gasteiger partial charge on any atom is 0.422 e. The first-order valence-electron chi connectivity index (χ1n) is 8.68. The molecule has 2 N–H and O–H groups in total. The van der Waals surface area contributed by atoms with Crippen molar-refractivity contribution in [3.05, 3.63) is 29.8 Å². The second-order valence-electron chi connectivity index (χ2n) is 6.14. The summed E-state index contributed by atoms with van der Waals surface area (Å²) in [6.45, 7) is 7.95. The number of alkyl halides is 3. The summed E-state index contributed by atoms with van der Waals surface area (Å²) in [7, 11) is 0. The van der Waals surface area contributed by atoms with Crippen LogP contribution in [0.15, 0.2) is 29.3 Å². The number of nitrogens with one attached hydrogen (secondary N) is 2. The Morgan fingerprint density at radius 1 is 1.15 bits per heavy atom. The molecular formula is C18H28F3N3O2. The molecule has 1 aromatic carbocycles. The standard InChI is InChI=1S/C18H28F3N3O2/c1-4-22-17(23-9-10-25-12-14(2)3)24-11-15-5-7-16(8-6-15)26-13-18(19,20)21/h5-8,14H,4,9-13H2,1-3H3,(H2,22,23,24). The predicted molar refractivity (Wildman–Crippen MR) is 96.5 cm³/mol. The van der Waals surface area contributed by atoms with E-state index in [2.05, 4.69) is 34.2 Å². The van der Waals surface area contributed by atoms with Crippen LogP contribution in [0.1, 0.15) is 26.3 Å². The fourth-order valence-electron chi connectivity index (χ4n) is 1.93. The van der Waals surface area contributed by atoms with Crippen LogP contribution < -0.4 is 15.4 Å². The van der Waals surface area contributed by atoms with Gasteiger partial charge in [-0.1, -0.05) is 26.0 Å². The molecule has 148 valence electrons. The Hall–Kier alpha value is -1.96. The van der Waals surface area contributed by atoms with Gasteiger partial charge in [-0.15, -0.1) is 0 Å². The van der Waals surface area contributed by atoms with Gasteiger partial charge in [0.2, 0.25) is 0 Å². The minimum Gasteiger partial charge on any atom is -0.484 e. The normalized spacial score (nSPS) is 12.3. The quantitative estimate of drug-likeness (QED) is 0.374. The van der Waals surface area contributed by atoms with E-state index in [0.717, 1.165) is 18.7 Å². The lowest BCUT2D eigenvalue weighted by atomic mass is 10.2. The summed E-state index contributed by atoms with van der Waals surface area (Å²) in [5.41, 5.74) is 0.873. The zero-order valence-corrected chi connectivity index (χ0v) is 15.5. The maximum atomic E-state index is 12.1. The zero-order chi connectivity index (χ0) is 19.4. The third kappa shape index (κ3) is 10.8. The Kier molecular flexibility index (Phi) is 9.87. The van der Waals surface area contributed by atoms with Gasteiger partial charge in [0.05, 0.1) is 13.2 Å². The van der Waals surface area contributed by atoms with Crippen molar-refractivity contribution < 1.29 is 22.6 Å². The average Bonchev–Trinajstić information content (AvgIpc) is 2.57. The molecule has 0 amide bonds. The summed E-state index contributed by atoms with van der Waals surface area (Å²) < 4.78 is 46.6. The summed E-state index contributed by atoms with van der Waals surface area (Å²) in [5.74, 6) is 1.35. The van der Waals surface area contributed by atoms with Crippen LogP contribution in [0.3, 0.4) is 0 Å². The minimum atomic E-state index is -4.34. The first-order valence-corrected chi connectivity index (χ1v) is 8.68. The van der Waals surface area contributed by atoms with Gasteiger partial charge in [-0.2, -0.15) is 13.2 Å². The monoisotopic (exact) mass is 375 g/mol. The van der Waals surface area contributed by atoms with E-state index in [9.17, 15) is 13.2 Å². The Morgan fingerprint density at radius 3 is 2.42 bits per heavy atom. The molecule has 8 heteroatoms. The average molecular weight is 375 g/mol. The van der Waals surface area contributed by atoms with Crippen molar-refractivity contribution >= 4 is 5.96 Å². The molecule has 0 fully saturated rings. The molecule has 0 bridgehead atoms. The van der Waals surface area contributed by atoms with Crippen molar-refractivity contribution in [2.75, 3.05) is 32.9 Å². The van der Waals surface area contributed by atoms with E-state index in [1.165, 1.54) is 12.1 Å². The Morgan fingerprint density at radius 2 is 1.85 bits per heavy atom. The molecule has 0 saturated heterocycles. The van der Waals surface area contributed by atoms with E-state index in [0.29, 0.717) is 31.6 Å². The third-order valence-electron chi connectivity index (χ3n) is 3.08. The van der Waals surface area contributed by atoms with Crippen molar-refractivity contribution in [1.29, 1.82) is 0 Å². The Bertz CT molecular complexity index is 531. The summed E-state index contributed by atoms with van der Waals surface area (Å²) in [6.07, 6.45) is -4.34. The van der Waals surface area contributed by atoms with Crippen molar-refractivity contribution in [2.45, 2.75) is 33.5 Å². The number of guanidine groups is 1. The lowest BCUT2D eigenvalue weighted by Crippen LogP contribution is -2.39. The molecule has 0 aliphatic heterocycles. The minimum absolute atomic E-state index is 0.183. The lowest BCUT2D eigenvalue weighted by Gasteiger charge is -2.12. The van der Waals surface area contributed by atoms with Gasteiger partial charge in [-0.25, -0.2) is 4.99 Å². The van der Waals surface area contributed by atoms with E-state index in [1.807, 2.05) is 6.92 Å². The Labute approximate surface area is 153 Å². The highest BCUT2D eigenvalue weighted by atomic mass is 19.4. The van der Waals surface area contributed by atoms with Crippen LogP contribution in [0.4, 0.5) is 13.2 Å². The molecule has 0 radical (unpaired) electrons. The molecule has 1 aromatic rings. The summed E-state index contributed by atoms with van der Waals surface area (Å²) in [5, 5.41) is 6.31. The summed E-state index contributed by atoms with van der Waals surface area (Å²) >= 11 is 0. The fourth-order valence-corrected chi connectivity index (χ4v) is 1.93. The van der Waals surface area contributed by atoms with Gasteiger partial charge in [0.25, 0.3) is 0 Å². The molecular weight excluding hydrogens is 347 g/mol. The number of nitrogens with zero attached hydrogens (tertiary/aromatic N) is 1. The molecule has 5 nitrogen and oxygen atoms in total. The highest BCUT2D eigenvalue weighted by Crippen LogP contribution is 2.19. The highest BCUT2D eigenvalue weighted by molar-refractivity contribution is 5.79. The number of benzene rings is 1. The smallest absolute Gasteiger partial charge is 0.422 e. The lowest BCUT2D eigenvalue weighted by molar-refractivity contribution is -0.153. The van der Waals surface area contributed by atoms with Crippen LogP contribution >= 0.6 is 0 Å². The van der Waals surface area contributed by atoms with E-state index >= 15 is 0 Å². The van der Waals surface area contributed by atoms with Gasteiger partial charge < -0.3 is 20.1 Å². The van der Waals surface area contributed by atoms with Gasteiger partial charge in [-0.3, -0.25) is 0 Å². The zero-order valence-electron chi connectivity index (χ0n) is 15.5. The molecule has 0 aromatic heterocycles. The van der Waals surface area contributed by atoms with Crippen LogP contribution in [0.2, 0.25) is 0 Å². The van der Waals surface area contributed by atoms with E-state index in [-0.39, 0.29) is 5.75 Å². The maximum absolute atomic E-state index is 12.1. The summed E-state index contributed by atoms with van der Waals surface area (Å²) in [4.78, 5) is 4.45. The number of hydrogen-bond acceptors (Lipinski definition) is 3. The first kappa shape index (κ1) is 22.1. The van der Waals surface area contributed by atoms with Gasteiger partial charge >= 0.3 is 6.18 Å². The van der Waals surface area contributed by atoms with Crippen molar-refractivity contribution in [2.24, 2.45) is 10.9 Å². The SMILES string of the molecule is CCNC(=NCc1ccc(OCC(F)(F)F)cc1)NCCOCC(C)C. The van der Waals surface area contributed by atoms with Crippen molar-refractivity contribution in [3.63, 3.8) is 0 Å². The second-order valence-corrected chi connectivity index (χ2v) is 6.14. The van der Waals surface area contributed by atoms with Crippen LogP contribution in [0.5, 0.6) is 5.75 Å². The van der Waals surface area contributed by atoms with Gasteiger partial charge in [-0.05, 0) is 30.5 Å². The van der Waals surface area contributed by atoms with Crippen LogP contribution in [0, 0.1) is 5.92 Å². The molecule has 0 heterocycles. The molecule has 0 unspecified atom stereocenters. The molecule has 0 aliphatic rings. The van der Waals surface area contributed by atoms with Gasteiger partial charge in [0, 0.05) is 19.7 Å². The van der Waals surface area contributed by atoms with Gasteiger partial charge in [0.15, 0.2) is 12.6 Å². The number of aliphatic imine (C=N–C) groups is 1. The molecule has 0 spiro atoms. The number of rotatable bonds is 10. The van der Waals surface area contributed by atoms with Gasteiger partial charge in [0.1, 0.15) is 5.75 Å². The number of halogens is 3. The molecule has 1 rings (SSSR count). The largest absolute Gasteiger partial charge is 0.484 e. The third-order valence-corrected chi connectivity index (χ3v) is 3.08. The van der Waals surface area contributed by atoms with E-state index < -0.39 is 12.8 Å².